The summed E-state index contributed by atoms with van der Waals surface area (Å²) in [5.74, 6) is 0.565. The molecule has 1 aromatic heterocycles. The maximum Gasteiger partial charge on any atom is 0.274 e. The molecule has 1 N–H and O–H groups in total. The Morgan fingerprint density at radius 3 is 2.43 bits per heavy atom. The number of anilines is 2. The smallest absolute Gasteiger partial charge is 0.274 e. The van der Waals surface area contributed by atoms with Crippen LogP contribution in [0.1, 0.15) is 31.3 Å². The molecule has 0 aliphatic rings. The highest BCUT2D eigenvalue weighted by Gasteiger charge is 2.10. The van der Waals surface area contributed by atoms with Crippen LogP contribution in [0.3, 0.4) is 0 Å². The molecule has 1 amide bonds. The van der Waals surface area contributed by atoms with Crippen molar-refractivity contribution in [2.75, 3.05) is 29.9 Å². The fourth-order valence-electron chi connectivity index (χ4n) is 2.33. The van der Waals surface area contributed by atoms with Gasteiger partial charge in [-0.3, -0.25) is 9.78 Å². The largest absolute Gasteiger partial charge is 0.494 e. The van der Waals surface area contributed by atoms with Gasteiger partial charge in [0.1, 0.15) is 11.4 Å². The van der Waals surface area contributed by atoms with Crippen LogP contribution in [0.25, 0.3) is 0 Å². The van der Waals surface area contributed by atoms with Crippen molar-refractivity contribution in [1.82, 2.24) is 4.98 Å². The number of ether oxygens (including phenoxy) is 1. The number of amides is 1. The van der Waals surface area contributed by atoms with E-state index in [0.717, 1.165) is 24.5 Å². The molecule has 0 aliphatic heterocycles. The Hall–Kier alpha value is -2.56. The number of aromatic nitrogens is 1. The van der Waals surface area contributed by atoms with E-state index in [1.807, 2.05) is 43.3 Å². The number of carbonyl (C=O) groups is 1. The maximum absolute atomic E-state index is 12.4. The first-order valence-electron chi connectivity index (χ1n) is 7.93. The highest BCUT2D eigenvalue weighted by Crippen LogP contribution is 2.18. The summed E-state index contributed by atoms with van der Waals surface area (Å²) in [6, 6.07) is 11.0. The zero-order chi connectivity index (χ0) is 16.7. The summed E-state index contributed by atoms with van der Waals surface area (Å²) in [7, 11) is 0. The predicted octanol–water partition coefficient (Wildman–Crippen LogP) is 3.58. The summed E-state index contributed by atoms with van der Waals surface area (Å²) in [6.45, 7) is 8.51. The topological polar surface area (TPSA) is 54.5 Å². The highest BCUT2D eigenvalue weighted by atomic mass is 16.5. The lowest BCUT2D eigenvalue weighted by atomic mass is 10.2. The van der Waals surface area contributed by atoms with Crippen LogP contribution in [-0.2, 0) is 0 Å². The van der Waals surface area contributed by atoms with E-state index in [4.69, 9.17) is 4.74 Å². The van der Waals surface area contributed by atoms with Gasteiger partial charge in [-0.15, -0.1) is 0 Å². The minimum Gasteiger partial charge on any atom is -0.494 e. The van der Waals surface area contributed by atoms with Gasteiger partial charge in [0.05, 0.1) is 6.61 Å². The normalized spacial score (nSPS) is 10.2. The van der Waals surface area contributed by atoms with Gasteiger partial charge in [0.15, 0.2) is 0 Å². The molecular weight excluding hydrogens is 290 g/mol. The summed E-state index contributed by atoms with van der Waals surface area (Å²) >= 11 is 0. The molecule has 0 spiro atoms. The third-order valence-electron chi connectivity index (χ3n) is 3.53. The van der Waals surface area contributed by atoms with Gasteiger partial charge in [0, 0.05) is 30.7 Å². The Morgan fingerprint density at radius 1 is 1.13 bits per heavy atom. The van der Waals surface area contributed by atoms with Crippen LogP contribution in [-0.4, -0.2) is 30.6 Å². The van der Waals surface area contributed by atoms with Crippen molar-refractivity contribution < 1.29 is 9.53 Å². The van der Waals surface area contributed by atoms with Gasteiger partial charge in [-0.1, -0.05) is 0 Å². The van der Waals surface area contributed by atoms with Crippen LogP contribution in [0.2, 0.25) is 0 Å². The fraction of sp³-hybridized carbons (Fsp3) is 0.333. The monoisotopic (exact) mass is 313 g/mol. The van der Waals surface area contributed by atoms with Gasteiger partial charge >= 0.3 is 0 Å². The van der Waals surface area contributed by atoms with Crippen molar-refractivity contribution in [2.45, 2.75) is 20.8 Å². The molecule has 0 atom stereocenters. The van der Waals surface area contributed by atoms with E-state index >= 15 is 0 Å². The van der Waals surface area contributed by atoms with E-state index in [-0.39, 0.29) is 5.91 Å². The molecular formula is C18H23N3O2. The molecule has 0 radical (unpaired) electrons. The molecule has 0 saturated heterocycles. The standard InChI is InChI=1S/C18H23N3O2/c1-4-21(5-2)15-11-12-19-17(13-15)18(22)20-14-7-9-16(10-8-14)23-6-3/h7-13H,4-6H2,1-3H3,(H,20,22). The number of nitrogens with zero attached hydrogens (tertiary/aromatic N) is 2. The van der Waals surface area contributed by atoms with Crippen molar-refractivity contribution in [3.63, 3.8) is 0 Å². The van der Waals surface area contributed by atoms with Gasteiger partial charge in [-0.2, -0.15) is 0 Å². The molecule has 2 rings (SSSR count). The molecule has 1 heterocycles. The van der Waals surface area contributed by atoms with Crippen LogP contribution in [0.5, 0.6) is 5.75 Å². The summed E-state index contributed by atoms with van der Waals surface area (Å²) < 4.78 is 5.39. The van der Waals surface area contributed by atoms with Crippen molar-refractivity contribution in [2.24, 2.45) is 0 Å². The molecule has 23 heavy (non-hydrogen) atoms. The zero-order valence-electron chi connectivity index (χ0n) is 13.9. The third-order valence-corrected chi connectivity index (χ3v) is 3.53. The van der Waals surface area contributed by atoms with Gasteiger partial charge < -0.3 is 15.0 Å². The van der Waals surface area contributed by atoms with Crippen LogP contribution >= 0.6 is 0 Å². The van der Waals surface area contributed by atoms with Gasteiger partial charge in [-0.25, -0.2) is 0 Å². The average molecular weight is 313 g/mol. The van der Waals surface area contributed by atoms with Crippen LogP contribution in [0.15, 0.2) is 42.6 Å². The minimum absolute atomic E-state index is 0.219. The van der Waals surface area contributed by atoms with Crippen LogP contribution in [0.4, 0.5) is 11.4 Å². The summed E-state index contributed by atoms with van der Waals surface area (Å²) in [4.78, 5) is 18.7. The quantitative estimate of drug-likeness (QED) is 0.849. The molecule has 0 unspecified atom stereocenters. The van der Waals surface area contributed by atoms with Gasteiger partial charge in [0.25, 0.3) is 5.91 Å². The molecule has 2 aromatic rings. The first-order chi connectivity index (χ1) is 11.2. The first kappa shape index (κ1) is 16.8. The minimum atomic E-state index is -0.219. The second-order valence-electron chi connectivity index (χ2n) is 4.98. The lowest BCUT2D eigenvalue weighted by molar-refractivity contribution is 0.102. The molecule has 0 bridgehead atoms. The predicted molar refractivity (Wildman–Crippen MR) is 93.4 cm³/mol. The lowest BCUT2D eigenvalue weighted by Gasteiger charge is -2.21. The molecule has 0 fully saturated rings. The third kappa shape index (κ3) is 4.45. The summed E-state index contributed by atoms with van der Waals surface area (Å²) in [5.41, 5.74) is 2.12. The molecule has 0 aliphatic carbocycles. The Bertz CT molecular complexity index is 637. The summed E-state index contributed by atoms with van der Waals surface area (Å²) in [6.07, 6.45) is 1.67. The number of hydrogen-bond acceptors (Lipinski definition) is 4. The first-order valence-corrected chi connectivity index (χ1v) is 7.93. The number of rotatable bonds is 7. The molecule has 5 heteroatoms. The van der Waals surface area contributed by atoms with E-state index in [2.05, 4.69) is 29.0 Å². The average Bonchev–Trinajstić information content (AvgIpc) is 2.58. The Morgan fingerprint density at radius 2 is 1.83 bits per heavy atom. The van der Waals surface area contributed by atoms with Crippen molar-refractivity contribution in [3.8, 4) is 5.75 Å². The molecule has 5 nitrogen and oxygen atoms in total. The van der Waals surface area contributed by atoms with E-state index in [1.54, 1.807) is 6.20 Å². The number of benzene rings is 1. The van der Waals surface area contributed by atoms with Crippen LogP contribution in [0, 0.1) is 0 Å². The number of nitrogens with one attached hydrogen (secondary N) is 1. The van der Waals surface area contributed by atoms with E-state index in [9.17, 15) is 4.79 Å². The number of hydrogen-bond donors (Lipinski definition) is 1. The van der Waals surface area contributed by atoms with Crippen molar-refractivity contribution in [1.29, 1.82) is 0 Å². The van der Waals surface area contributed by atoms with E-state index < -0.39 is 0 Å². The Labute approximate surface area is 137 Å². The second-order valence-corrected chi connectivity index (χ2v) is 4.98. The summed E-state index contributed by atoms with van der Waals surface area (Å²) in [5, 5.41) is 2.85. The van der Waals surface area contributed by atoms with E-state index in [0.29, 0.717) is 18.0 Å². The fourth-order valence-corrected chi connectivity index (χ4v) is 2.33. The number of pyridine rings is 1. The maximum atomic E-state index is 12.4. The van der Waals surface area contributed by atoms with Gasteiger partial charge in [-0.05, 0) is 57.2 Å². The van der Waals surface area contributed by atoms with Crippen LogP contribution < -0.4 is 15.0 Å². The van der Waals surface area contributed by atoms with E-state index in [1.165, 1.54) is 0 Å². The van der Waals surface area contributed by atoms with Gasteiger partial charge in [0.2, 0.25) is 0 Å². The number of carbonyl (C=O) groups excluding carboxylic acids is 1. The second kappa shape index (κ2) is 8.17. The molecule has 122 valence electrons. The Kier molecular flexibility index (Phi) is 5.97. The molecule has 0 saturated carbocycles. The van der Waals surface area contributed by atoms with Crippen molar-refractivity contribution in [3.05, 3.63) is 48.3 Å². The molecule has 1 aromatic carbocycles. The SMILES string of the molecule is CCOc1ccc(NC(=O)c2cc(N(CC)CC)ccn2)cc1. The zero-order valence-corrected chi connectivity index (χ0v) is 13.9. The van der Waals surface area contributed by atoms with Crippen molar-refractivity contribution >= 4 is 17.3 Å². The highest BCUT2D eigenvalue weighted by molar-refractivity contribution is 6.03. The lowest BCUT2D eigenvalue weighted by Crippen LogP contribution is -2.22. The Balaban J connectivity index is 2.09.